The maximum Gasteiger partial charge on any atom is 0.253 e. The summed E-state index contributed by atoms with van der Waals surface area (Å²) in [7, 11) is 3.55. The minimum absolute atomic E-state index is 0.0240. The molecule has 116 valence electrons. The van der Waals surface area contributed by atoms with E-state index in [1.54, 1.807) is 19.0 Å². The molecule has 1 fully saturated rings. The van der Waals surface area contributed by atoms with Crippen LogP contribution in [0.5, 0.6) is 0 Å². The Labute approximate surface area is 127 Å². The summed E-state index contributed by atoms with van der Waals surface area (Å²) >= 11 is 0. The van der Waals surface area contributed by atoms with Gasteiger partial charge in [0.05, 0.1) is 11.4 Å². The average molecular weight is 289 g/mol. The van der Waals surface area contributed by atoms with Crippen LogP contribution < -0.4 is 10.6 Å². The van der Waals surface area contributed by atoms with Crippen LogP contribution in [0.25, 0.3) is 0 Å². The summed E-state index contributed by atoms with van der Waals surface area (Å²) in [6.07, 6.45) is 6.36. The number of anilines is 2. The molecular weight excluding hydrogens is 262 g/mol. The van der Waals surface area contributed by atoms with Gasteiger partial charge in [0, 0.05) is 32.2 Å². The van der Waals surface area contributed by atoms with Crippen molar-refractivity contribution in [2.45, 2.75) is 45.1 Å². The Hall–Kier alpha value is -1.71. The maximum atomic E-state index is 12.2. The lowest BCUT2D eigenvalue weighted by atomic mass is 9.93. The second-order valence-corrected chi connectivity index (χ2v) is 6.05. The molecule has 0 saturated heterocycles. The predicted octanol–water partition coefficient (Wildman–Crippen LogP) is 3.13. The van der Waals surface area contributed by atoms with Gasteiger partial charge in [0.1, 0.15) is 0 Å². The Kier molecular flexibility index (Phi) is 5.10. The number of nitrogen functional groups attached to an aromatic ring is 1. The Morgan fingerprint density at radius 2 is 1.90 bits per heavy atom. The van der Waals surface area contributed by atoms with Crippen molar-refractivity contribution in [1.82, 2.24) is 4.90 Å². The van der Waals surface area contributed by atoms with Crippen LogP contribution in [0.4, 0.5) is 11.4 Å². The van der Waals surface area contributed by atoms with E-state index in [4.69, 9.17) is 5.73 Å². The molecule has 1 aliphatic rings. The van der Waals surface area contributed by atoms with Crippen molar-refractivity contribution in [3.8, 4) is 0 Å². The van der Waals surface area contributed by atoms with E-state index in [0.717, 1.165) is 17.9 Å². The number of carbonyl (C=O) groups excluding carboxylic acids is 1. The number of hydrogen-bond acceptors (Lipinski definition) is 3. The molecular formula is C17H27N3O. The molecule has 0 bridgehead atoms. The molecule has 0 heterocycles. The lowest BCUT2D eigenvalue weighted by Gasteiger charge is -2.36. The van der Waals surface area contributed by atoms with Crippen molar-refractivity contribution in [3.63, 3.8) is 0 Å². The van der Waals surface area contributed by atoms with Gasteiger partial charge < -0.3 is 15.5 Å². The highest BCUT2D eigenvalue weighted by Crippen LogP contribution is 2.31. The van der Waals surface area contributed by atoms with Crippen LogP contribution in [-0.2, 0) is 0 Å². The summed E-state index contributed by atoms with van der Waals surface area (Å²) in [5.74, 6) is 0.0240. The molecule has 1 aromatic rings. The van der Waals surface area contributed by atoms with Crippen LogP contribution in [0.15, 0.2) is 18.2 Å². The molecule has 21 heavy (non-hydrogen) atoms. The fourth-order valence-electron chi connectivity index (χ4n) is 3.20. The monoisotopic (exact) mass is 289 g/mol. The predicted molar refractivity (Wildman–Crippen MR) is 88.8 cm³/mol. The lowest BCUT2D eigenvalue weighted by Crippen LogP contribution is -2.37. The fraction of sp³-hybridized carbons (Fsp3) is 0.588. The summed E-state index contributed by atoms with van der Waals surface area (Å²) in [6, 6.07) is 6.18. The quantitative estimate of drug-likeness (QED) is 0.866. The highest BCUT2D eigenvalue weighted by molar-refractivity contribution is 5.96. The average Bonchev–Trinajstić information content (AvgIpc) is 2.50. The standard InChI is InChI=1S/C17H27N3O/c1-4-20(14-8-6-5-7-9-14)16-12-13(10-11-15(16)18)17(21)19(2)3/h10-12,14H,4-9,18H2,1-3H3. The van der Waals surface area contributed by atoms with Crippen molar-refractivity contribution < 1.29 is 4.79 Å². The minimum atomic E-state index is 0.0240. The van der Waals surface area contributed by atoms with Crippen LogP contribution in [-0.4, -0.2) is 37.5 Å². The van der Waals surface area contributed by atoms with Gasteiger partial charge in [0.25, 0.3) is 5.91 Å². The van der Waals surface area contributed by atoms with Gasteiger partial charge in [0.2, 0.25) is 0 Å². The third-order valence-corrected chi connectivity index (χ3v) is 4.35. The molecule has 0 unspecified atom stereocenters. The summed E-state index contributed by atoms with van der Waals surface area (Å²) < 4.78 is 0. The molecule has 0 aliphatic heterocycles. The highest BCUT2D eigenvalue weighted by Gasteiger charge is 2.22. The number of amides is 1. The first-order valence-corrected chi connectivity index (χ1v) is 7.92. The smallest absolute Gasteiger partial charge is 0.253 e. The van der Waals surface area contributed by atoms with Gasteiger partial charge >= 0.3 is 0 Å². The van der Waals surface area contributed by atoms with Crippen LogP contribution in [0.1, 0.15) is 49.4 Å². The molecule has 0 spiro atoms. The molecule has 0 atom stereocenters. The molecule has 1 amide bonds. The Morgan fingerprint density at radius 1 is 1.24 bits per heavy atom. The van der Waals surface area contributed by atoms with E-state index >= 15 is 0 Å². The van der Waals surface area contributed by atoms with Gasteiger partial charge in [-0.3, -0.25) is 4.79 Å². The van der Waals surface area contributed by atoms with Crippen molar-refractivity contribution >= 4 is 17.3 Å². The van der Waals surface area contributed by atoms with Crippen molar-refractivity contribution in [3.05, 3.63) is 23.8 Å². The normalized spacial score (nSPS) is 15.8. The number of carbonyl (C=O) groups is 1. The SMILES string of the molecule is CCN(c1cc(C(=O)N(C)C)ccc1N)C1CCCCC1. The maximum absolute atomic E-state index is 12.2. The minimum Gasteiger partial charge on any atom is -0.397 e. The Balaban J connectivity index is 2.31. The van der Waals surface area contributed by atoms with E-state index in [2.05, 4.69) is 11.8 Å². The first kappa shape index (κ1) is 15.7. The fourth-order valence-corrected chi connectivity index (χ4v) is 3.20. The highest BCUT2D eigenvalue weighted by atomic mass is 16.2. The third-order valence-electron chi connectivity index (χ3n) is 4.35. The van der Waals surface area contributed by atoms with Crippen LogP contribution in [0, 0.1) is 0 Å². The summed E-state index contributed by atoms with van der Waals surface area (Å²) in [4.78, 5) is 16.1. The molecule has 0 radical (unpaired) electrons. The van der Waals surface area contributed by atoms with Gasteiger partial charge in [-0.05, 0) is 38.0 Å². The zero-order valence-electron chi connectivity index (χ0n) is 13.4. The molecule has 1 saturated carbocycles. The zero-order valence-corrected chi connectivity index (χ0v) is 13.4. The Morgan fingerprint density at radius 3 is 2.48 bits per heavy atom. The van der Waals surface area contributed by atoms with Crippen LogP contribution in [0.2, 0.25) is 0 Å². The molecule has 4 nitrogen and oxygen atoms in total. The van der Waals surface area contributed by atoms with Crippen molar-refractivity contribution in [2.75, 3.05) is 31.3 Å². The largest absolute Gasteiger partial charge is 0.397 e. The van der Waals surface area contributed by atoms with E-state index in [1.807, 2.05) is 18.2 Å². The summed E-state index contributed by atoms with van der Waals surface area (Å²) in [6.45, 7) is 3.09. The molecule has 4 heteroatoms. The second-order valence-electron chi connectivity index (χ2n) is 6.05. The third kappa shape index (κ3) is 3.49. The Bertz CT molecular complexity index is 493. The molecule has 0 aromatic heterocycles. The second kappa shape index (κ2) is 6.83. The van der Waals surface area contributed by atoms with E-state index in [9.17, 15) is 4.79 Å². The van der Waals surface area contributed by atoms with Crippen LogP contribution in [0.3, 0.4) is 0 Å². The van der Waals surface area contributed by atoms with E-state index in [1.165, 1.54) is 32.1 Å². The van der Waals surface area contributed by atoms with E-state index in [0.29, 0.717) is 11.6 Å². The molecule has 1 aromatic carbocycles. The van der Waals surface area contributed by atoms with Gasteiger partial charge in [-0.1, -0.05) is 19.3 Å². The summed E-state index contributed by atoms with van der Waals surface area (Å²) in [5, 5.41) is 0. The molecule has 1 aliphatic carbocycles. The van der Waals surface area contributed by atoms with Crippen LogP contribution >= 0.6 is 0 Å². The van der Waals surface area contributed by atoms with Gasteiger partial charge in [0.15, 0.2) is 0 Å². The number of benzene rings is 1. The number of nitrogens with zero attached hydrogens (tertiary/aromatic N) is 2. The topological polar surface area (TPSA) is 49.6 Å². The molecule has 2 rings (SSSR count). The molecule has 2 N–H and O–H groups in total. The van der Waals surface area contributed by atoms with E-state index < -0.39 is 0 Å². The number of nitrogens with two attached hydrogens (primary N) is 1. The summed E-state index contributed by atoms with van der Waals surface area (Å²) in [5.41, 5.74) is 8.66. The van der Waals surface area contributed by atoms with Crippen molar-refractivity contribution in [1.29, 1.82) is 0 Å². The number of hydrogen-bond donors (Lipinski definition) is 1. The lowest BCUT2D eigenvalue weighted by molar-refractivity contribution is 0.0827. The van der Waals surface area contributed by atoms with E-state index in [-0.39, 0.29) is 5.91 Å². The van der Waals surface area contributed by atoms with Crippen molar-refractivity contribution in [2.24, 2.45) is 0 Å². The van der Waals surface area contributed by atoms with Gasteiger partial charge in [-0.25, -0.2) is 0 Å². The van der Waals surface area contributed by atoms with Gasteiger partial charge in [-0.15, -0.1) is 0 Å². The first-order valence-electron chi connectivity index (χ1n) is 7.92. The zero-order chi connectivity index (χ0) is 15.4. The van der Waals surface area contributed by atoms with Gasteiger partial charge in [-0.2, -0.15) is 0 Å². The number of rotatable bonds is 4. The first-order chi connectivity index (χ1) is 10.0.